The molecule has 1 aliphatic rings. The van der Waals surface area contributed by atoms with Gasteiger partial charge in [0.15, 0.2) is 0 Å². The van der Waals surface area contributed by atoms with E-state index in [-0.39, 0.29) is 12.3 Å². The minimum Gasteiger partial charge on any atom is -0.480 e. The molecule has 0 radical (unpaired) electrons. The number of hydrogen-bond acceptors (Lipinski definition) is 4. The summed E-state index contributed by atoms with van der Waals surface area (Å²) in [6, 6.07) is 15.5. The van der Waals surface area contributed by atoms with Gasteiger partial charge in [-0.15, -0.1) is 11.3 Å². The molecule has 1 amide bonds. The minimum absolute atomic E-state index is 0.155. The molecule has 0 saturated carbocycles. The van der Waals surface area contributed by atoms with Gasteiger partial charge in [0.25, 0.3) is 0 Å². The van der Waals surface area contributed by atoms with Crippen LogP contribution < -0.4 is 0 Å². The van der Waals surface area contributed by atoms with Crippen molar-refractivity contribution in [2.45, 2.75) is 25.3 Å². The molecule has 26 heavy (non-hydrogen) atoms. The average Bonchev–Trinajstić information content (AvgIpc) is 3.28. The van der Waals surface area contributed by atoms with Crippen molar-refractivity contribution in [3.05, 3.63) is 53.5 Å². The Kier molecular flexibility index (Phi) is 4.42. The van der Waals surface area contributed by atoms with Gasteiger partial charge in [-0.05, 0) is 36.1 Å². The second-order valence-electron chi connectivity index (χ2n) is 6.42. The number of carboxylic acid groups (broad SMARTS) is 1. The van der Waals surface area contributed by atoms with Gasteiger partial charge in [0.05, 0.1) is 16.6 Å². The van der Waals surface area contributed by atoms with Gasteiger partial charge in [0.2, 0.25) is 5.91 Å². The first-order valence-corrected chi connectivity index (χ1v) is 9.40. The molecule has 3 aromatic rings. The maximum absolute atomic E-state index is 12.5. The normalized spacial score (nSPS) is 16.9. The Bertz CT molecular complexity index is 968. The first kappa shape index (κ1) is 16.7. The minimum atomic E-state index is -0.923. The number of benzene rings is 2. The highest BCUT2D eigenvalue weighted by atomic mass is 32.1. The van der Waals surface area contributed by atoms with E-state index in [1.807, 2.05) is 30.3 Å². The molecule has 1 atom stereocenters. The van der Waals surface area contributed by atoms with Crippen molar-refractivity contribution in [3.63, 3.8) is 0 Å². The van der Waals surface area contributed by atoms with Gasteiger partial charge in [-0.1, -0.05) is 36.4 Å². The van der Waals surface area contributed by atoms with Crippen LogP contribution in [0.2, 0.25) is 0 Å². The van der Waals surface area contributed by atoms with Gasteiger partial charge in [-0.25, -0.2) is 9.78 Å². The number of carbonyl (C=O) groups excluding carboxylic acids is 1. The molecule has 6 heteroatoms. The van der Waals surface area contributed by atoms with E-state index in [1.54, 1.807) is 0 Å². The lowest BCUT2D eigenvalue weighted by Gasteiger charge is -2.20. The summed E-state index contributed by atoms with van der Waals surface area (Å²) in [7, 11) is 0. The summed E-state index contributed by atoms with van der Waals surface area (Å²) in [6.45, 7) is 0.513. The molecular formula is C20H18N2O3S. The van der Waals surface area contributed by atoms with Gasteiger partial charge < -0.3 is 10.0 Å². The fourth-order valence-corrected chi connectivity index (χ4v) is 4.35. The Labute approximate surface area is 154 Å². The van der Waals surface area contributed by atoms with Crippen molar-refractivity contribution in [2.75, 3.05) is 6.54 Å². The zero-order valence-corrected chi connectivity index (χ0v) is 14.9. The second-order valence-corrected chi connectivity index (χ2v) is 7.53. The summed E-state index contributed by atoms with van der Waals surface area (Å²) in [5.41, 5.74) is 3.09. The van der Waals surface area contributed by atoms with Crippen molar-refractivity contribution in [1.82, 2.24) is 9.88 Å². The molecule has 1 N–H and O–H groups in total. The Morgan fingerprint density at radius 3 is 2.73 bits per heavy atom. The van der Waals surface area contributed by atoms with E-state index < -0.39 is 12.0 Å². The quantitative estimate of drug-likeness (QED) is 0.766. The van der Waals surface area contributed by atoms with E-state index in [1.165, 1.54) is 16.2 Å². The predicted octanol–water partition coefficient (Wildman–Crippen LogP) is 3.58. The van der Waals surface area contributed by atoms with Crippen LogP contribution in [0.4, 0.5) is 0 Å². The van der Waals surface area contributed by atoms with E-state index >= 15 is 0 Å². The maximum atomic E-state index is 12.5. The molecule has 4 rings (SSSR count). The molecule has 1 aromatic heterocycles. The number of aliphatic carboxylic acids is 1. The summed E-state index contributed by atoms with van der Waals surface area (Å²) in [6.07, 6.45) is 1.42. The summed E-state index contributed by atoms with van der Waals surface area (Å²) < 4.78 is 1.03. The average molecular weight is 366 g/mol. The molecule has 5 nitrogen and oxygen atoms in total. The Balaban J connectivity index is 1.56. The fourth-order valence-electron chi connectivity index (χ4n) is 3.41. The lowest BCUT2D eigenvalue weighted by Crippen LogP contribution is -2.41. The van der Waals surface area contributed by atoms with E-state index in [4.69, 9.17) is 0 Å². The van der Waals surface area contributed by atoms with Crippen molar-refractivity contribution in [1.29, 1.82) is 0 Å². The molecule has 0 aliphatic carbocycles. The molecule has 1 saturated heterocycles. The van der Waals surface area contributed by atoms with Gasteiger partial charge >= 0.3 is 5.97 Å². The van der Waals surface area contributed by atoms with Crippen molar-refractivity contribution in [3.8, 4) is 11.1 Å². The molecule has 0 bridgehead atoms. The van der Waals surface area contributed by atoms with Crippen LogP contribution in [0.25, 0.3) is 21.3 Å². The SMILES string of the molecule is O=C(O)C1CCCN1C(=O)Cc1nc2cc(-c3ccccc3)ccc2s1. The van der Waals surface area contributed by atoms with E-state index in [2.05, 4.69) is 23.2 Å². The van der Waals surface area contributed by atoms with E-state index in [9.17, 15) is 14.7 Å². The third-order valence-electron chi connectivity index (χ3n) is 4.70. The summed E-state index contributed by atoms with van der Waals surface area (Å²) in [4.78, 5) is 29.9. The summed E-state index contributed by atoms with van der Waals surface area (Å²) in [5, 5.41) is 9.97. The van der Waals surface area contributed by atoms with Crippen LogP contribution in [-0.4, -0.2) is 39.5 Å². The molecule has 0 spiro atoms. The molecule has 1 fully saturated rings. The molecular weight excluding hydrogens is 348 g/mol. The lowest BCUT2D eigenvalue weighted by molar-refractivity contribution is -0.148. The van der Waals surface area contributed by atoms with Crippen LogP contribution in [0.1, 0.15) is 17.8 Å². The number of carboxylic acids is 1. The first-order chi connectivity index (χ1) is 12.6. The number of aromatic nitrogens is 1. The van der Waals surface area contributed by atoms with Crippen LogP contribution in [0, 0.1) is 0 Å². The Morgan fingerprint density at radius 2 is 1.96 bits per heavy atom. The predicted molar refractivity (Wildman–Crippen MR) is 101 cm³/mol. The number of thiazole rings is 1. The van der Waals surface area contributed by atoms with Crippen molar-refractivity contribution in [2.24, 2.45) is 0 Å². The number of hydrogen-bond donors (Lipinski definition) is 1. The topological polar surface area (TPSA) is 70.5 Å². The smallest absolute Gasteiger partial charge is 0.326 e. The Hall–Kier alpha value is -2.73. The maximum Gasteiger partial charge on any atom is 0.326 e. The summed E-state index contributed by atoms with van der Waals surface area (Å²) in [5.74, 6) is -1.08. The molecule has 2 heterocycles. The van der Waals surface area contributed by atoms with Crippen LogP contribution >= 0.6 is 11.3 Å². The first-order valence-electron chi connectivity index (χ1n) is 8.59. The lowest BCUT2D eigenvalue weighted by atomic mass is 10.1. The molecule has 1 unspecified atom stereocenters. The number of fused-ring (bicyclic) bond motifs is 1. The van der Waals surface area contributed by atoms with Gasteiger partial charge in [0, 0.05) is 6.54 Å². The highest BCUT2D eigenvalue weighted by Crippen LogP contribution is 2.29. The summed E-state index contributed by atoms with van der Waals surface area (Å²) >= 11 is 1.49. The standard InChI is InChI=1S/C20H18N2O3S/c23-19(22-10-4-7-16(22)20(24)25)12-18-21-15-11-14(8-9-17(15)26-18)13-5-2-1-3-6-13/h1-3,5-6,8-9,11,16H,4,7,10,12H2,(H,24,25). The van der Waals surface area contributed by atoms with Gasteiger partial charge in [-0.3, -0.25) is 4.79 Å². The van der Waals surface area contributed by atoms with E-state index in [0.29, 0.717) is 13.0 Å². The van der Waals surface area contributed by atoms with Crippen LogP contribution in [0.5, 0.6) is 0 Å². The number of amides is 1. The van der Waals surface area contributed by atoms with Crippen LogP contribution in [0.3, 0.4) is 0 Å². The van der Waals surface area contributed by atoms with Crippen LogP contribution in [-0.2, 0) is 16.0 Å². The molecule has 2 aromatic carbocycles. The fraction of sp³-hybridized carbons (Fsp3) is 0.250. The van der Waals surface area contributed by atoms with Gasteiger partial charge in [0.1, 0.15) is 11.0 Å². The number of nitrogens with zero attached hydrogens (tertiary/aromatic N) is 2. The molecule has 1 aliphatic heterocycles. The van der Waals surface area contributed by atoms with Crippen molar-refractivity contribution >= 4 is 33.4 Å². The third-order valence-corrected chi connectivity index (χ3v) is 5.74. The monoisotopic (exact) mass is 366 g/mol. The van der Waals surface area contributed by atoms with Gasteiger partial charge in [-0.2, -0.15) is 0 Å². The molecule has 132 valence electrons. The number of rotatable bonds is 4. The number of likely N-dealkylation sites (tertiary alicyclic amines) is 1. The number of carbonyl (C=O) groups is 2. The zero-order valence-electron chi connectivity index (χ0n) is 14.1. The zero-order chi connectivity index (χ0) is 18.1. The van der Waals surface area contributed by atoms with Crippen LogP contribution in [0.15, 0.2) is 48.5 Å². The highest BCUT2D eigenvalue weighted by molar-refractivity contribution is 7.18. The largest absolute Gasteiger partial charge is 0.480 e. The highest BCUT2D eigenvalue weighted by Gasteiger charge is 2.34. The third kappa shape index (κ3) is 3.20. The Morgan fingerprint density at radius 1 is 1.15 bits per heavy atom. The van der Waals surface area contributed by atoms with E-state index in [0.717, 1.165) is 32.8 Å². The second kappa shape index (κ2) is 6.88. The van der Waals surface area contributed by atoms with Crippen molar-refractivity contribution < 1.29 is 14.7 Å².